The molecule has 0 aliphatic carbocycles. The molecule has 0 saturated carbocycles. The van der Waals surface area contributed by atoms with Crippen molar-refractivity contribution in [3.8, 4) is 11.5 Å². The number of fused-ring (bicyclic) bond motifs is 2. The van der Waals surface area contributed by atoms with E-state index >= 15 is 0 Å². The zero-order chi connectivity index (χ0) is 25.2. The van der Waals surface area contributed by atoms with E-state index in [4.69, 9.17) is 13.9 Å². The minimum Gasteiger partial charge on any atom is -0.490 e. The van der Waals surface area contributed by atoms with Crippen LogP contribution < -0.4 is 19.8 Å². The summed E-state index contributed by atoms with van der Waals surface area (Å²) in [7, 11) is 0. The summed E-state index contributed by atoms with van der Waals surface area (Å²) >= 11 is 0. The van der Waals surface area contributed by atoms with Crippen LogP contribution in [0.2, 0.25) is 0 Å². The lowest BCUT2D eigenvalue weighted by Crippen LogP contribution is -2.30. The maximum Gasteiger partial charge on any atom is 0.296 e. The number of hydrogen-bond donors (Lipinski definition) is 0. The van der Waals surface area contributed by atoms with Gasteiger partial charge in [0.2, 0.25) is 5.76 Å². The minimum absolute atomic E-state index is 0.0345. The number of aromatic nitrogens is 1. The van der Waals surface area contributed by atoms with Crippen LogP contribution in [0.4, 0.5) is 5.82 Å². The van der Waals surface area contributed by atoms with Crippen LogP contribution in [0.5, 0.6) is 11.5 Å². The zero-order valence-corrected chi connectivity index (χ0v) is 20.6. The molecule has 184 valence electrons. The second-order valence-corrected chi connectivity index (χ2v) is 8.78. The summed E-state index contributed by atoms with van der Waals surface area (Å²) in [6, 6.07) is 15.5. The van der Waals surface area contributed by atoms with Gasteiger partial charge in [0, 0.05) is 6.20 Å². The number of ether oxygens (including phenoxy) is 2. The van der Waals surface area contributed by atoms with Crippen LogP contribution in [0, 0.1) is 6.92 Å². The van der Waals surface area contributed by atoms with E-state index in [0.717, 1.165) is 18.4 Å². The summed E-state index contributed by atoms with van der Waals surface area (Å²) < 4.78 is 17.9. The van der Waals surface area contributed by atoms with Gasteiger partial charge in [0.1, 0.15) is 11.4 Å². The van der Waals surface area contributed by atoms with Gasteiger partial charge in [-0.15, -0.1) is 0 Å². The van der Waals surface area contributed by atoms with Crippen molar-refractivity contribution in [2.24, 2.45) is 0 Å². The van der Waals surface area contributed by atoms with Gasteiger partial charge in [0.25, 0.3) is 5.91 Å². The summed E-state index contributed by atoms with van der Waals surface area (Å²) in [5, 5.41) is 0.428. The summed E-state index contributed by atoms with van der Waals surface area (Å²) in [4.78, 5) is 33.5. The summed E-state index contributed by atoms with van der Waals surface area (Å²) in [6.45, 7) is 6.96. The number of carbonyl (C=O) groups excluding carboxylic acids is 1. The molecule has 4 aromatic rings. The van der Waals surface area contributed by atoms with E-state index in [2.05, 4.69) is 11.9 Å². The standard InChI is InChI=1S/C29H28N2O5/c1-4-6-15-35-22-13-12-19(16-23(22)34-5-2)26-25-27(32)20-9-7-8-10-21(20)36-28(25)29(33)31(26)24-14-11-18(3)17-30-24/h7-14,16-17,26H,4-6,15H2,1-3H3/t26-/m0/s1. The number of aryl methyl sites for hydroxylation is 1. The Hall–Kier alpha value is -4.13. The molecule has 1 atom stereocenters. The number of amides is 1. The maximum absolute atomic E-state index is 13.7. The Morgan fingerprint density at radius 3 is 2.58 bits per heavy atom. The highest BCUT2D eigenvalue weighted by Crippen LogP contribution is 2.42. The van der Waals surface area contributed by atoms with Crippen LogP contribution in [0.15, 0.2) is 70.0 Å². The molecule has 0 spiro atoms. The van der Waals surface area contributed by atoms with Crippen LogP contribution in [0.25, 0.3) is 11.0 Å². The van der Waals surface area contributed by atoms with Crippen molar-refractivity contribution in [2.75, 3.05) is 18.1 Å². The molecule has 2 aromatic carbocycles. The Morgan fingerprint density at radius 1 is 1.00 bits per heavy atom. The van der Waals surface area contributed by atoms with Gasteiger partial charge >= 0.3 is 0 Å². The Bertz CT molecular complexity index is 1480. The van der Waals surface area contributed by atoms with E-state index in [1.807, 2.05) is 38.1 Å². The van der Waals surface area contributed by atoms with Crippen LogP contribution in [0.3, 0.4) is 0 Å². The Kier molecular flexibility index (Phi) is 6.46. The molecule has 1 amide bonds. The van der Waals surface area contributed by atoms with Crippen molar-refractivity contribution in [2.45, 2.75) is 39.7 Å². The van der Waals surface area contributed by atoms with Crippen LogP contribution >= 0.6 is 0 Å². The van der Waals surface area contributed by atoms with Crippen LogP contribution in [0.1, 0.15) is 60.0 Å². The fourth-order valence-electron chi connectivity index (χ4n) is 4.48. The first-order valence-electron chi connectivity index (χ1n) is 12.2. The predicted molar refractivity (Wildman–Crippen MR) is 138 cm³/mol. The van der Waals surface area contributed by atoms with Crippen molar-refractivity contribution >= 4 is 22.7 Å². The molecule has 0 N–H and O–H groups in total. The molecule has 2 aromatic heterocycles. The summed E-state index contributed by atoms with van der Waals surface area (Å²) in [6.07, 6.45) is 3.65. The number of hydrogen-bond acceptors (Lipinski definition) is 6. The first kappa shape index (κ1) is 23.6. The third kappa shape index (κ3) is 4.11. The molecule has 3 heterocycles. The molecule has 0 saturated heterocycles. The van der Waals surface area contributed by atoms with Gasteiger partial charge in [-0.2, -0.15) is 0 Å². The molecule has 7 heteroatoms. The van der Waals surface area contributed by atoms with Crippen LogP contribution in [-0.2, 0) is 0 Å². The van der Waals surface area contributed by atoms with Gasteiger partial charge in [-0.1, -0.05) is 37.6 Å². The number of unbranched alkanes of at least 4 members (excludes halogenated alkanes) is 1. The number of rotatable bonds is 8. The second-order valence-electron chi connectivity index (χ2n) is 8.78. The van der Waals surface area contributed by atoms with Gasteiger partial charge in [0.05, 0.1) is 30.2 Å². The van der Waals surface area contributed by atoms with E-state index < -0.39 is 11.9 Å². The molecular formula is C29H28N2O5. The molecule has 1 aliphatic heterocycles. The van der Waals surface area contributed by atoms with E-state index in [1.54, 1.807) is 36.5 Å². The third-order valence-corrected chi connectivity index (χ3v) is 6.26. The second kappa shape index (κ2) is 9.85. The highest BCUT2D eigenvalue weighted by atomic mass is 16.5. The van der Waals surface area contributed by atoms with Gasteiger partial charge < -0.3 is 13.9 Å². The number of anilines is 1. The summed E-state index contributed by atoms with van der Waals surface area (Å²) in [5.41, 5.74) is 2.11. The van der Waals surface area contributed by atoms with Crippen molar-refractivity contribution in [3.63, 3.8) is 0 Å². The molecule has 0 unspecified atom stereocenters. The molecule has 0 fully saturated rings. The molecular weight excluding hydrogens is 456 g/mol. The Labute approximate surface area is 209 Å². The van der Waals surface area contributed by atoms with Crippen molar-refractivity contribution in [1.29, 1.82) is 0 Å². The zero-order valence-electron chi connectivity index (χ0n) is 20.6. The Balaban J connectivity index is 1.70. The third-order valence-electron chi connectivity index (χ3n) is 6.26. The Morgan fingerprint density at radius 2 is 1.83 bits per heavy atom. The highest BCUT2D eigenvalue weighted by molar-refractivity contribution is 6.10. The highest BCUT2D eigenvalue weighted by Gasteiger charge is 2.44. The molecule has 36 heavy (non-hydrogen) atoms. The maximum atomic E-state index is 13.7. The number of para-hydroxylation sites is 1. The van der Waals surface area contributed by atoms with Crippen molar-refractivity contribution in [3.05, 3.63) is 93.5 Å². The van der Waals surface area contributed by atoms with E-state index in [1.165, 1.54) is 4.90 Å². The fraction of sp³-hybridized carbons (Fsp3) is 0.276. The minimum atomic E-state index is -0.729. The smallest absolute Gasteiger partial charge is 0.296 e. The van der Waals surface area contributed by atoms with E-state index in [9.17, 15) is 9.59 Å². The average Bonchev–Trinajstić information content (AvgIpc) is 3.18. The number of benzene rings is 2. The van der Waals surface area contributed by atoms with E-state index in [-0.39, 0.29) is 11.2 Å². The number of nitrogens with zero attached hydrogens (tertiary/aromatic N) is 2. The topological polar surface area (TPSA) is 81.9 Å². The molecule has 0 bridgehead atoms. The molecule has 0 radical (unpaired) electrons. The molecule has 7 nitrogen and oxygen atoms in total. The largest absolute Gasteiger partial charge is 0.490 e. The lowest BCUT2D eigenvalue weighted by molar-refractivity contribution is 0.0970. The first-order valence-corrected chi connectivity index (χ1v) is 12.2. The monoisotopic (exact) mass is 484 g/mol. The SMILES string of the molecule is CCCCOc1ccc([C@H]2c3c(oc4ccccc4c3=O)C(=O)N2c2ccc(C)cn2)cc1OCC. The summed E-state index contributed by atoms with van der Waals surface area (Å²) in [5.74, 6) is 1.26. The van der Waals surface area contributed by atoms with Crippen LogP contribution in [-0.4, -0.2) is 24.1 Å². The first-order chi connectivity index (χ1) is 17.5. The number of pyridine rings is 1. The van der Waals surface area contributed by atoms with Gasteiger partial charge in [-0.3, -0.25) is 14.5 Å². The van der Waals surface area contributed by atoms with Gasteiger partial charge in [-0.05, 0) is 61.7 Å². The van der Waals surface area contributed by atoms with E-state index in [0.29, 0.717) is 52.6 Å². The number of carbonyl (C=O) groups is 1. The predicted octanol–water partition coefficient (Wildman–Crippen LogP) is 5.82. The molecule has 1 aliphatic rings. The lowest BCUT2D eigenvalue weighted by Gasteiger charge is -2.25. The average molecular weight is 485 g/mol. The normalized spacial score (nSPS) is 14.8. The molecule has 5 rings (SSSR count). The fourth-order valence-corrected chi connectivity index (χ4v) is 4.48. The van der Waals surface area contributed by atoms with Gasteiger partial charge in [0.15, 0.2) is 16.9 Å². The quantitative estimate of drug-likeness (QED) is 0.293. The van der Waals surface area contributed by atoms with Gasteiger partial charge in [-0.25, -0.2) is 4.98 Å². The van der Waals surface area contributed by atoms with Crippen molar-refractivity contribution < 1.29 is 18.7 Å². The lowest BCUT2D eigenvalue weighted by atomic mass is 9.98. The van der Waals surface area contributed by atoms with Crippen molar-refractivity contribution in [1.82, 2.24) is 4.98 Å².